The largest absolute Gasteiger partial charge is 0.497 e. The van der Waals surface area contributed by atoms with Gasteiger partial charge in [-0.2, -0.15) is 0 Å². The molecule has 14 heavy (non-hydrogen) atoms. The van der Waals surface area contributed by atoms with E-state index in [2.05, 4.69) is 11.8 Å². The maximum Gasteiger partial charge on any atom is 0.131 e. The molecule has 1 aromatic carbocycles. The molecule has 0 saturated heterocycles. The number of ether oxygens (including phenoxy) is 1. The summed E-state index contributed by atoms with van der Waals surface area (Å²) >= 11 is 0. The van der Waals surface area contributed by atoms with E-state index < -0.39 is 0 Å². The normalized spacial score (nSPS) is 8.64. The zero-order valence-corrected chi connectivity index (χ0v) is 7.91. The minimum absolute atomic E-state index is 0.233. The smallest absolute Gasteiger partial charge is 0.131 e. The van der Waals surface area contributed by atoms with Gasteiger partial charge >= 0.3 is 0 Å². The zero-order valence-electron chi connectivity index (χ0n) is 7.91. The quantitative estimate of drug-likeness (QED) is 0.432. The Balaban J connectivity index is 2.93. The molecule has 72 valence electrons. The Morgan fingerprint density at radius 2 is 2.29 bits per heavy atom. The number of anilines is 1. The highest BCUT2D eigenvalue weighted by atomic mass is 16.5. The van der Waals surface area contributed by atoms with Gasteiger partial charge in [-0.15, -0.1) is 0 Å². The molecule has 3 heteroatoms. The highest BCUT2D eigenvalue weighted by Gasteiger charge is 1.95. The first-order valence-electron chi connectivity index (χ1n) is 4.13. The molecule has 0 atom stereocenters. The highest BCUT2D eigenvalue weighted by molar-refractivity contribution is 5.57. The Bertz CT molecular complexity index is 388. The first kappa shape index (κ1) is 10.1. The lowest BCUT2D eigenvalue weighted by atomic mass is 10.2. The van der Waals surface area contributed by atoms with Crippen LogP contribution in [0.2, 0.25) is 0 Å². The molecule has 1 aromatic rings. The van der Waals surface area contributed by atoms with Crippen molar-refractivity contribution in [3.05, 3.63) is 23.8 Å². The van der Waals surface area contributed by atoms with Crippen molar-refractivity contribution in [2.24, 2.45) is 0 Å². The van der Waals surface area contributed by atoms with E-state index in [-0.39, 0.29) is 6.42 Å². The van der Waals surface area contributed by atoms with Gasteiger partial charge in [-0.3, -0.25) is 0 Å². The second kappa shape index (κ2) is 4.93. The number of methoxy groups -OCH3 is 1. The summed E-state index contributed by atoms with van der Waals surface area (Å²) in [6.45, 7) is 0. The van der Waals surface area contributed by atoms with Gasteiger partial charge in [-0.1, -0.05) is 11.8 Å². The van der Waals surface area contributed by atoms with Gasteiger partial charge in [0.2, 0.25) is 0 Å². The lowest BCUT2D eigenvalue weighted by Crippen LogP contribution is -1.89. The second-order valence-corrected chi connectivity index (χ2v) is 2.67. The summed E-state index contributed by atoms with van der Waals surface area (Å²) in [4.78, 5) is 10.0. The van der Waals surface area contributed by atoms with E-state index in [1.54, 1.807) is 25.3 Å². The van der Waals surface area contributed by atoms with Crippen LogP contribution < -0.4 is 10.5 Å². The van der Waals surface area contributed by atoms with Gasteiger partial charge in [0.25, 0.3) is 0 Å². The van der Waals surface area contributed by atoms with Crippen molar-refractivity contribution in [3.8, 4) is 17.6 Å². The van der Waals surface area contributed by atoms with Crippen LogP contribution in [0, 0.1) is 11.8 Å². The van der Waals surface area contributed by atoms with Crippen molar-refractivity contribution < 1.29 is 9.53 Å². The molecule has 0 aliphatic carbocycles. The summed E-state index contributed by atoms with van der Waals surface area (Å²) in [7, 11) is 1.57. The van der Waals surface area contributed by atoms with Crippen LogP contribution in [0.3, 0.4) is 0 Å². The summed E-state index contributed by atoms with van der Waals surface area (Å²) < 4.78 is 5.02. The first-order chi connectivity index (χ1) is 6.76. The summed E-state index contributed by atoms with van der Waals surface area (Å²) in [5, 5.41) is 0. The fourth-order valence-corrected chi connectivity index (χ4v) is 1.01. The maximum absolute atomic E-state index is 10.0. The van der Waals surface area contributed by atoms with Crippen LogP contribution in [0.15, 0.2) is 18.2 Å². The van der Waals surface area contributed by atoms with Crippen molar-refractivity contribution in [2.75, 3.05) is 12.8 Å². The van der Waals surface area contributed by atoms with E-state index >= 15 is 0 Å². The molecule has 0 aromatic heterocycles. The van der Waals surface area contributed by atoms with Crippen LogP contribution in [-0.2, 0) is 4.79 Å². The number of hydrogen-bond donors (Lipinski definition) is 1. The summed E-state index contributed by atoms with van der Waals surface area (Å²) in [5.41, 5.74) is 6.97. The van der Waals surface area contributed by atoms with E-state index in [4.69, 9.17) is 10.5 Å². The van der Waals surface area contributed by atoms with Crippen LogP contribution >= 0.6 is 0 Å². The number of nitrogen functional groups attached to an aromatic ring is 1. The topological polar surface area (TPSA) is 52.3 Å². The monoisotopic (exact) mass is 189 g/mol. The number of nitrogens with two attached hydrogens (primary N) is 1. The molecule has 2 N–H and O–H groups in total. The van der Waals surface area contributed by atoms with Crippen molar-refractivity contribution in [1.29, 1.82) is 0 Å². The zero-order chi connectivity index (χ0) is 10.4. The molecule has 0 saturated carbocycles. The Kier molecular flexibility index (Phi) is 3.57. The molecular weight excluding hydrogens is 178 g/mol. The molecule has 0 fully saturated rings. The molecule has 0 radical (unpaired) electrons. The fourth-order valence-electron chi connectivity index (χ4n) is 1.01. The van der Waals surface area contributed by atoms with E-state index in [0.717, 1.165) is 11.8 Å². The molecule has 0 aliphatic heterocycles. The highest BCUT2D eigenvalue weighted by Crippen LogP contribution is 2.17. The molecule has 3 nitrogen and oxygen atoms in total. The minimum Gasteiger partial charge on any atom is -0.497 e. The van der Waals surface area contributed by atoms with Gasteiger partial charge in [-0.25, -0.2) is 0 Å². The van der Waals surface area contributed by atoms with Crippen LogP contribution in [0.4, 0.5) is 5.69 Å². The number of aldehydes is 1. The lowest BCUT2D eigenvalue weighted by molar-refractivity contribution is -0.107. The molecule has 1 rings (SSSR count). The summed E-state index contributed by atoms with van der Waals surface area (Å²) in [6.07, 6.45) is 0.994. The van der Waals surface area contributed by atoms with Crippen molar-refractivity contribution in [1.82, 2.24) is 0 Å². The number of hydrogen-bond acceptors (Lipinski definition) is 3. The van der Waals surface area contributed by atoms with Crippen LogP contribution in [0.1, 0.15) is 12.0 Å². The molecule has 0 bridgehead atoms. The third-order valence-electron chi connectivity index (χ3n) is 1.58. The molecule has 0 spiro atoms. The van der Waals surface area contributed by atoms with Gasteiger partial charge < -0.3 is 15.3 Å². The Labute approximate surface area is 82.9 Å². The van der Waals surface area contributed by atoms with E-state index in [0.29, 0.717) is 11.4 Å². The molecule has 0 amide bonds. The fraction of sp³-hybridized carbons (Fsp3) is 0.182. The number of carbonyl (C=O) groups excluding carboxylic acids is 1. The predicted molar refractivity (Wildman–Crippen MR) is 55.0 cm³/mol. The van der Waals surface area contributed by atoms with Gasteiger partial charge in [0.15, 0.2) is 0 Å². The second-order valence-electron chi connectivity index (χ2n) is 2.67. The molecule has 0 heterocycles. The Morgan fingerprint density at radius 3 is 2.93 bits per heavy atom. The first-order valence-corrected chi connectivity index (χ1v) is 4.13. The number of carbonyl (C=O) groups is 1. The minimum atomic E-state index is 0.233. The third kappa shape index (κ3) is 2.83. The van der Waals surface area contributed by atoms with Gasteiger partial charge in [0, 0.05) is 17.3 Å². The van der Waals surface area contributed by atoms with Crippen molar-refractivity contribution in [3.63, 3.8) is 0 Å². The Hall–Kier alpha value is -1.95. The maximum atomic E-state index is 10.0. The Morgan fingerprint density at radius 1 is 1.50 bits per heavy atom. The lowest BCUT2D eigenvalue weighted by Gasteiger charge is -2.01. The van der Waals surface area contributed by atoms with Crippen LogP contribution in [-0.4, -0.2) is 13.4 Å². The van der Waals surface area contributed by atoms with Gasteiger partial charge in [-0.05, 0) is 12.1 Å². The third-order valence-corrected chi connectivity index (χ3v) is 1.58. The average molecular weight is 189 g/mol. The van der Waals surface area contributed by atoms with Gasteiger partial charge in [0.05, 0.1) is 13.5 Å². The van der Waals surface area contributed by atoms with Crippen LogP contribution in [0.25, 0.3) is 0 Å². The predicted octanol–water partition coefficient (Wildman–Crippen LogP) is 1.22. The molecule has 0 unspecified atom stereocenters. The van der Waals surface area contributed by atoms with Crippen LogP contribution in [0.5, 0.6) is 5.75 Å². The molecule has 0 aliphatic rings. The van der Waals surface area contributed by atoms with Crippen molar-refractivity contribution >= 4 is 12.0 Å². The number of benzene rings is 1. The number of rotatable bonds is 2. The standard InChI is InChI=1S/C11H11NO2/c1-14-11-7-9(4-2-3-5-13)6-10(12)8-11/h5-8H,3,12H2,1H3. The summed E-state index contributed by atoms with van der Waals surface area (Å²) in [5.74, 6) is 6.19. The summed E-state index contributed by atoms with van der Waals surface area (Å²) in [6, 6.07) is 5.22. The van der Waals surface area contributed by atoms with E-state index in [9.17, 15) is 4.79 Å². The van der Waals surface area contributed by atoms with Crippen molar-refractivity contribution in [2.45, 2.75) is 6.42 Å². The van der Waals surface area contributed by atoms with E-state index in [1.807, 2.05) is 0 Å². The SMILES string of the molecule is COc1cc(N)cc(C#CCC=O)c1. The van der Waals surface area contributed by atoms with E-state index in [1.165, 1.54) is 0 Å². The molecular formula is C11H11NO2. The average Bonchev–Trinajstić information content (AvgIpc) is 2.17. The van der Waals surface area contributed by atoms with Gasteiger partial charge in [0.1, 0.15) is 12.0 Å².